The molecule has 1 heterocycles. The van der Waals surface area contributed by atoms with E-state index in [4.69, 9.17) is 4.74 Å². The Labute approximate surface area is 169 Å². The number of benzene rings is 2. The minimum absolute atomic E-state index is 0.0171. The van der Waals surface area contributed by atoms with Crippen molar-refractivity contribution in [2.75, 3.05) is 12.4 Å². The molecule has 6 nitrogen and oxygen atoms in total. The zero-order valence-electron chi connectivity index (χ0n) is 16.3. The Morgan fingerprint density at radius 2 is 1.79 bits per heavy atom. The molecule has 0 unspecified atom stereocenters. The number of carbonyl (C=O) groups is 2. The summed E-state index contributed by atoms with van der Waals surface area (Å²) in [6.45, 7) is 1.96. The molecule has 1 atom stereocenters. The number of anilines is 1. The molecule has 1 aromatic heterocycles. The fourth-order valence-corrected chi connectivity index (χ4v) is 3.50. The van der Waals surface area contributed by atoms with Gasteiger partial charge >= 0.3 is 0 Å². The first-order chi connectivity index (χ1) is 14.0. The molecular weight excluding hydrogens is 366 g/mol. The van der Waals surface area contributed by atoms with Gasteiger partial charge in [-0.3, -0.25) is 14.9 Å². The van der Waals surface area contributed by atoms with Gasteiger partial charge in [0.2, 0.25) is 5.95 Å². The topological polar surface area (TPSA) is 81.2 Å². The van der Waals surface area contributed by atoms with Gasteiger partial charge in [0.1, 0.15) is 5.75 Å². The second-order valence-corrected chi connectivity index (χ2v) is 7.18. The average molecular weight is 387 g/mol. The Bertz CT molecular complexity index is 1060. The van der Waals surface area contributed by atoms with Gasteiger partial charge in [0.05, 0.1) is 18.4 Å². The molecule has 29 heavy (non-hydrogen) atoms. The molecule has 0 saturated heterocycles. The number of hydrogen-bond acceptors (Lipinski definition) is 5. The highest BCUT2D eigenvalue weighted by molar-refractivity contribution is 6.03. The summed E-state index contributed by atoms with van der Waals surface area (Å²) in [4.78, 5) is 33.7. The lowest BCUT2D eigenvalue weighted by Gasteiger charge is -2.23. The van der Waals surface area contributed by atoms with Crippen LogP contribution in [0.25, 0.3) is 0 Å². The summed E-state index contributed by atoms with van der Waals surface area (Å²) in [7, 11) is 1.62. The standard InChI is InChI=1S/C23H21N3O3/c1-14-3-5-16(6-4-14)22(28)26-23-24-13-19-20(25-23)11-17(12-21(19)27)15-7-9-18(29-2)10-8-15/h3-10,13,17H,11-12H2,1-2H3,(H,24,25,26,28)/t17-/m1/s1. The van der Waals surface area contributed by atoms with Gasteiger partial charge in [-0.1, -0.05) is 29.8 Å². The average Bonchev–Trinajstić information content (AvgIpc) is 2.74. The van der Waals surface area contributed by atoms with Crippen LogP contribution in [-0.2, 0) is 6.42 Å². The predicted molar refractivity (Wildman–Crippen MR) is 110 cm³/mol. The Balaban J connectivity index is 1.55. The molecule has 4 rings (SSSR count). The van der Waals surface area contributed by atoms with Crippen LogP contribution in [0.15, 0.2) is 54.7 Å². The number of fused-ring (bicyclic) bond motifs is 1. The molecule has 146 valence electrons. The van der Waals surface area contributed by atoms with Crippen LogP contribution in [0.4, 0.5) is 5.95 Å². The monoisotopic (exact) mass is 387 g/mol. The van der Waals surface area contributed by atoms with Crippen molar-refractivity contribution < 1.29 is 14.3 Å². The van der Waals surface area contributed by atoms with Gasteiger partial charge < -0.3 is 4.74 Å². The molecule has 2 aromatic carbocycles. The summed E-state index contributed by atoms with van der Waals surface area (Å²) >= 11 is 0. The van der Waals surface area contributed by atoms with Crippen molar-refractivity contribution in [1.29, 1.82) is 0 Å². The normalized spacial score (nSPS) is 15.5. The Morgan fingerprint density at radius 1 is 1.07 bits per heavy atom. The lowest BCUT2D eigenvalue weighted by atomic mass is 9.82. The number of hydrogen-bond donors (Lipinski definition) is 1. The zero-order valence-corrected chi connectivity index (χ0v) is 16.3. The first kappa shape index (κ1) is 18.8. The molecule has 0 saturated carbocycles. The minimum atomic E-state index is -0.279. The molecular formula is C23H21N3O3. The number of rotatable bonds is 4. The maximum atomic E-state index is 12.6. The van der Waals surface area contributed by atoms with Gasteiger partial charge in [-0.05, 0) is 49.1 Å². The molecule has 3 aromatic rings. The second kappa shape index (κ2) is 7.83. The highest BCUT2D eigenvalue weighted by atomic mass is 16.5. The molecule has 1 aliphatic carbocycles. The van der Waals surface area contributed by atoms with Crippen molar-refractivity contribution >= 4 is 17.6 Å². The highest BCUT2D eigenvalue weighted by Gasteiger charge is 2.28. The third-order valence-electron chi connectivity index (χ3n) is 5.17. The number of nitrogens with one attached hydrogen (secondary N) is 1. The van der Waals surface area contributed by atoms with E-state index in [1.807, 2.05) is 43.3 Å². The van der Waals surface area contributed by atoms with Crippen molar-refractivity contribution in [3.05, 3.63) is 82.7 Å². The predicted octanol–water partition coefficient (Wildman–Crippen LogP) is 3.96. The van der Waals surface area contributed by atoms with Crippen molar-refractivity contribution in [2.45, 2.75) is 25.7 Å². The first-order valence-corrected chi connectivity index (χ1v) is 9.44. The minimum Gasteiger partial charge on any atom is -0.497 e. The summed E-state index contributed by atoms with van der Waals surface area (Å²) in [5.74, 6) is 0.760. The molecule has 0 bridgehead atoms. The first-order valence-electron chi connectivity index (χ1n) is 9.44. The highest BCUT2D eigenvalue weighted by Crippen LogP contribution is 2.32. The maximum Gasteiger partial charge on any atom is 0.258 e. The number of aryl methyl sites for hydroxylation is 1. The number of Topliss-reactive ketones (excluding diaryl/α,β-unsaturated/α-hetero) is 1. The third kappa shape index (κ3) is 4.01. The summed E-state index contributed by atoms with van der Waals surface area (Å²) in [6.07, 6.45) is 2.54. The number of nitrogens with zero attached hydrogens (tertiary/aromatic N) is 2. The molecule has 1 aliphatic rings. The Morgan fingerprint density at radius 3 is 2.48 bits per heavy atom. The van der Waals surface area contributed by atoms with Gasteiger partial charge in [0.25, 0.3) is 5.91 Å². The van der Waals surface area contributed by atoms with E-state index in [2.05, 4.69) is 15.3 Å². The van der Waals surface area contributed by atoms with E-state index >= 15 is 0 Å². The smallest absolute Gasteiger partial charge is 0.258 e. The number of ether oxygens (including phenoxy) is 1. The zero-order chi connectivity index (χ0) is 20.4. The summed E-state index contributed by atoms with van der Waals surface area (Å²) < 4.78 is 5.20. The molecule has 0 radical (unpaired) electrons. The summed E-state index contributed by atoms with van der Waals surface area (Å²) in [5.41, 5.74) is 3.87. The van der Waals surface area contributed by atoms with Gasteiger partial charge in [0, 0.05) is 18.2 Å². The van der Waals surface area contributed by atoms with E-state index in [0.29, 0.717) is 29.7 Å². The SMILES string of the molecule is COc1ccc([C@H]2CC(=O)c3cnc(NC(=O)c4ccc(C)cc4)nc3C2)cc1. The Hall–Kier alpha value is -3.54. The Kier molecular flexibility index (Phi) is 5.08. The van der Waals surface area contributed by atoms with E-state index in [9.17, 15) is 9.59 Å². The second-order valence-electron chi connectivity index (χ2n) is 7.18. The van der Waals surface area contributed by atoms with Crippen LogP contribution in [0.2, 0.25) is 0 Å². The van der Waals surface area contributed by atoms with Crippen molar-refractivity contribution in [3.8, 4) is 5.75 Å². The number of aromatic nitrogens is 2. The van der Waals surface area contributed by atoms with Crippen LogP contribution in [0.3, 0.4) is 0 Å². The van der Waals surface area contributed by atoms with E-state index in [0.717, 1.165) is 16.9 Å². The number of carbonyl (C=O) groups excluding carboxylic acids is 2. The third-order valence-corrected chi connectivity index (χ3v) is 5.17. The summed E-state index contributed by atoms with van der Waals surface area (Å²) in [6, 6.07) is 15.0. The molecule has 0 aliphatic heterocycles. The van der Waals surface area contributed by atoms with Crippen LogP contribution in [-0.4, -0.2) is 28.8 Å². The van der Waals surface area contributed by atoms with Crippen LogP contribution in [0.5, 0.6) is 5.75 Å². The maximum absolute atomic E-state index is 12.6. The van der Waals surface area contributed by atoms with E-state index in [1.54, 1.807) is 19.2 Å². The molecule has 1 amide bonds. The van der Waals surface area contributed by atoms with Crippen molar-refractivity contribution in [1.82, 2.24) is 9.97 Å². The quantitative estimate of drug-likeness (QED) is 0.733. The van der Waals surface area contributed by atoms with Crippen molar-refractivity contribution in [2.24, 2.45) is 0 Å². The van der Waals surface area contributed by atoms with Gasteiger partial charge in [-0.25, -0.2) is 9.97 Å². The number of methoxy groups -OCH3 is 1. The lowest BCUT2D eigenvalue weighted by molar-refractivity contribution is 0.0962. The van der Waals surface area contributed by atoms with Gasteiger partial charge in [0.15, 0.2) is 5.78 Å². The van der Waals surface area contributed by atoms with Crippen LogP contribution >= 0.6 is 0 Å². The summed E-state index contributed by atoms with van der Waals surface area (Å²) in [5, 5.41) is 2.72. The van der Waals surface area contributed by atoms with Crippen LogP contribution < -0.4 is 10.1 Å². The van der Waals surface area contributed by atoms with Crippen LogP contribution in [0.1, 0.15) is 49.9 Å². The number of amides is 1. The largest absolute Gasteiger partial charge is 0.497 e. The molecule has 1 N–H and O–H groups in total. The lowest BCUT2D eigenvalue weighted by Crippen LogP contribution is -2.22. The fraction of sp³-hybridized carbons (Fsp3) is 0.217. The van der Waals surface area contributed by atoms with Crippen LogP contribution in [0, 0.1) is 6.92 Å². The number of ketones is 1. The van der Waals surface area contributed by atoms with E-state index in [-0.39, 0.29) is 23.6 Å². The van der Waals surface area contributed by atoms with Gasteiger partial charge in [-0.2, -0.15) is 0 Å². The van der Waals surface area contributed by atoms with E-state index < -0.39 is 0 Å². The van der Waals surface area contributed by atoms with Gasteiger partial charge in [-0.15, -0.1) is 0 Å². The van der Waals surface area contributed by atoms with Crippen molar-refractivity contribution in [3.63, 3.8) is 0 Å². The molecule has 6 heteroatoms. The fourth-order valence-electron chi connectivity index (χ4n) is 3.50. The molecule has 0 fully saturated rings. The molecule has 0 spiro atoms. The van der Waals surface area contributed by atoms with E-state index in [1.165, 1.54) is 6.20 Å².